The molecule has 1 amide bonds. The van der Waals surface area contributed by atoms with E-state index in [-0.39, 0.29) is 17.3 Å². The van der Waals surface area contributed by atoms with Crippen molar-refractivity contribution in [3.63, 3.8) is 0 Å². The smallest absolute Gasteiger partial charge is 0.243 e. The predicted octanol–water partition coefficient (Wildman–Crippen LogP) is 4.27. The largest absolute Gasteiger partial charge is 0.351 e. The highest BCUT2D eigenvalue weighted by atomic mass is 32.2. The molecule has 1 fully saturated rings. The number of nitrogens with zero attached hydrogens (tertiary/aromatic N) is 1. The first kappa shape index (κ1) is 22.2. The van der Waals surface area contributed by atoms with Crippen LogP contribution in [0.5, 0.6) is 0 Å². The van der Waals surface area contributed by atoms with Gasteiger partial charge in [-0.05, 0) is 66.8 Å². The van der Waals surface area contributed by atoms with Crippen LogP contribution >= 0.6 is 0 Å². The van der Waals surface area contributed by atoms with E-state index in [1.54, 1.807) is 0 Å². The third kappa shape index (κ3) is 4.74. The molecule has 1 aliphatic rings. The summed E-state index contributed by atoms with van der Waals surface area (Å²) in [5.74, 6) is -0.832. The molecule has 5 nitrogen and oxygen atoms in total. The Balaban J connectivity index is 1.45. The topological polar surface area (TPSA) is 66.5 Å². The van der Waals surface area contributed by atoms with Crippen molar-refractivity contribution in [2.75, 3.05) is 6.54 Å². The number of aryl methyl sites for hydroxylation is 1. The minimum Gasteiger partial charge on any atom is -0.351 e. The molecule has 0 bridgehead atoms. The monoisotopic (exact) mass is 452 g/mol. The lowest BCUT2D eigenvalue weighted by Gasteiger charge is -2.23. The van der Waals surface area contributed by atoms with Gasteiger partial charge in [0.2, 0.25) is 15.9 Å². The Morgan fingerprint density at radius 3 is 2.47 bits per heavy atom. The van der Waals surface area contributed by atoms with Gasteiger partial charge >= 0.3 is 0 Å². The quantitative estimate of drug-likeness (QED) is 0.607. The summed E-state index contributed by atoms with van der Waals surface area (Å²) in [6, 6.07) is 20.0. The highest BCUT2D eigenvalue weighted by molar-refractivity contribution is 7.89. The minimum absolute atomic E-state index is 0.00982. The van der Waals surface area contributed by atoms with Gasteiger partial charge in [-0.3, -0.25) is 4.79 Å². The zero-order valence-corrected chi connectivity index (χ0v) is 18.6. The van der Waals surface area contributed by atoms with Gasteiger partial charge in [-0.15, -0.1) is 0 Å². The Kier molecular flexibility index (Phi) is 6.39. The number of amides is 1. The van der Waals surface area contributed by atoms with Gasteiger partial charge < -0.3 is 5.32 Å². The molecule has 3 aromatic rings. The van der Waals surface area contributed by atoms with Gasteiger partial charge in [0.1, 0.15) is 11.9 Å². The molecule has 0 aliphatic carbocycles. The van der Waals surface area contributed by atoms with Crippen molar-refractivity contribution in [3.8, 4) is 11.1 Å². The normalized spacial score (nSPS) is 16.8. The molecule has 0 spiro atoms. The molecule has 1 saturated heterocycles. The van der Waals surface area contributed by atoms with E-state index in [0.29, 0.717) is 19.4 Å². The van der Waals surface area contributed by atoms with Gasteiger partial charge in [-0.2, -0.15) is 4.31 Å². The van der Waals surface area contributed by atoms with Gasteiger partial charge in [0.15, 0.2) is 0 Å². The summed E-state index contributed by atoms with van der Waals surface area (Å²) in [5, 5.41) is 2.89. The van der Waals surface area contributed by atoms with Crippen molar-refractivity contribution in [3.05, 3.63) is 89.7 Å². The number of hydrogen-bond acceptors (Lipinski definition) is 3. The molecule has 7 heteroatoms. The van der Waals surface area contributed by atoms with E-state index in [2.05, 4.69) is 29.6 Å². The maximum Gasteiger partial charge on any atom is 0.243 e. The van der Waals surface area contributed by atoms with Crippen LogP contribution in [0.3, 0.4) is 0 Å². The summed E-state index contributed by atoms with van der Waals surface area (Å²) in [6.07, 6.45) is 1.05. The van der Waals surface area contributed by atoms with Crippen LogP contribution in [0.15, 0.2) is 77.7 Å². The van der Waals surface area contributed by atoms with Gasteiger partial charge in [0, 0.05) is 13.1 Å². The maximum atomic E-state index is 13.2. The predicted molar refractivity (Wildman–Crippen MR) is 122 cm³/mol. The second-order valence-corrected chi connectivity index (χ2v) is 9.90. The van der Waals surface area contributed by atoms with Crippen LogP contribution in [0.4, 0.5) is 4.39 Å². The highest BCUT2D eigenvalue weighted by Crippen LogP contribution is 2.27. The first-order valence-corrected chi connectivity index (χ1v) is 12.0. The molecule has 0 aromatic heterocycles. The summed E-state index contributed by atoms with van der Waals surface area (Å²) in [4.78, 5) is 12.9. The van der Waals surface area contributed by atoms with Crippen LogP contribution in [-0.4, -0.2) is 31.2 Å². The van der Waals surface area contributed by atoms with Crippen LogP contribution in [0.2, 0.25) is 0 Å². The van der Waals surface area contributed by atoms with E-state index in [1.165, 1.54) is 22.0 Å². The fraction of sp³-hybridized carbons (Fsp3) is 0.240. The van der Waals surface area contributed by atoms with Crippen LogP contribution in [0, 0.1) is 12.7 Å². The van der Waals surface area contributed by atoms with Crippen LogP contribution < -0.4 is 5.32 Å². The number of sulfonamides is 1. The number of carbonyl (C=O) groups is 1. The van der Waals surface area contributed by atoms with Gasteiger partial charge in [0.25, 0.3) is 0 Å². The Hall–Kier alpha value is -3.03. The average molecular weight is 453 g/mol. The first-order valence-electron chi connectivity index (χ1n) is 10.6. The number of nitrogens with one attached hydrogen (secondary N) is 1. The second-order valence-electron chi connectivity index (χ2n) is 8.01. The number of benzene rings is 3. The van der Waals surface area contributed by atoms with E-state index in [4.69, 9.17) is 0 Å². The highest BCUT2D eigenvalue weighted by Gasteiger charge is 2.39. The van der Waals surface area contributed by atoms with E-state index in [0.717, 1.165) is 28.8 Å². The Bertz CT molecular complexity index is 1210. The fourth-order valence-corrected chi connectivity index (χ4v) is 5.60. The van der Waals surface area contributed by atoms with Crippen molar-refractivity contribution < 1.29 is 17.6 Å². The number of hydrogen-bond donors (Lipinski definition) is 1. The zero-order valence-electron chi connectivity index (χ0n) is 17.8. The Labute approximate surface area is 187 Å². The molecule has 3 aromatic carbocycles. The third-order valence-electron chi connectivity index (χ3n) is 5.71. The summed E-state index contributed by atoms with van der Waals surface area (Å²) < 4.78 is 40.4. The number of halogens is 1. The molecule has 0 radical (unpaired) electrons. The fourth-order valence-electron chi connectivity index (χ4n) is 3.95. The molecule has 1 atom stereocenters. The van der Waals surface area contributed by atoms with E-state index < -0.39 is 21.9 Å². The molecule has 1 aliphatic heterocycles. The summed E-state index contributed by atoms with van der Waals surface area (Å²) >= 11 is 0. The van der Waals surface area contributed by atoms with Crippen molar-refractivity contribution in [1.29, 1.82) is 0 Å². The third-order valence-corrected chi connectivity index (χ3v) is 7.63. The van der Waals surface area contributed by atoms with Crippen LogP contribution in [0.25, 0.3) is 11.1 Å². The van der Waals surface area contributed by atoms with Crippen molar-refractivity contribution in [1.82, 2.24) is 9.62 Å². The molecule has 1 N–H and O–H groups in total. The summed E-state index contributed by atoms with van der Waals surface area (Å²) in [6.45, 7) is 2.61. The van der Waals surface area contributed by atoms with E-state index >= 15 is 0 Å². The molecule has 1 heterocycles. The average Bonchev–Trinajstić information content (AvgIpc) is 3.30. The Morgan fingerprint density at radius 1 is 1.03 bits per heavy atom. The molecule has 4 rings (SSSR count). The van der Waals surface area contributed by atoms with Gasteiger partial charge in [-0.1, -0.05) is 48.0 Å². The molecule has 166 valence electrons. The lowest BCUT2D eigenvalue weighted by molar-refractivity contribution is -0.124. The first-order chi connectivity index (χ1) is 15.3. The van der Waals surface area contributed by atoms with Crippen molar-refractivity contribution in [2.24, 2.45) is 0 Å². The van der Waals surface area contributed by atoms with Crippen molar-refractivity contribution >= 4 is 15.9 Å². The lowest BCUT2D eigenvalue weighted by atomic mass is 10.0. The SMILES string of the molecule is Cc1ccc(-c2cccc(CNC(=O)C3CCCN3S(=O)(=O)c3ccc(F)cc3)c2)cc1. The van der Waals surface area contributed by atoms with E-state index in [9.17, 15) is 17.6 Å². The Morgan fingerprint density at radius 2 is 1.75 bits per heavy atom. The summed E-state index contributed by atoms with van der Waals surface area (Å²) in [7, 11) is -3.87. The lowest BCUT2D eigenvalue weighted by Crippen LogP contribution is -2.45. The second kappa shape index (κ2) is 9.22. The molecular weight excluding hydrogens is 427 g/mol. The maximum absolute atomic E-state index is 13.2. The van der Waals surface area contributed by atoms with Crippen LogP contribution in [-0.2, 0) is 21.4 Å². The summed E-state index contributed by atoms with van der Waals surface area (Å²) in [5.41, 5.74) is 4.27. The number of rotatable bonds is 6. The van der Waals surface area contributed by atoms with E-state index in [1.807, 2.05) is 31.2 Å². The van der Waals surface area contributed by atoms with Crippen LogP contribution in [0.1, 0.15) is 24.0 Å². The zero-order chi connectivity index (χ0) is 22.7. The molecule has 1 unspecified atom stereocenters. The molecule has 0 saturated carbocycles. The van der Waals surface area contributed by atoms with Gasteiger partial charge in [0.05, 0.1) is 4.90 Å². The van der Waals surface area contributed by atoms with Gasteiger partial charge in [-0.25, -0.2) is 12.8 Å². The molecular formula is C25H25FN2O3S. The van der Waals surface area contributed by atoms with Crippen molar-refractivity contribution in [2.45, 2.75) is 37.2 Å². The minimum atomic E-state index is -3.87. The standard InChI is InChI=1S/C25H25FN2O3S/c1-18-7-9-20(10-8-18)21-5-2-4-19(16-21)17-27-25(29)24-6-3-15-28(24)32(30,31)23-13-11-22(26)12-14-23/h2,4-5,7-14,16,24H,3,6,15,17H2,1H3,(H,27,29). The number of carbonyl (C=O) groups excluding carboxylic acids is 1. The molecule has 32 heavy (non-hydrogen) atoms.